The first kappa shape index (κ1) is 16.8. The van der Waals surface area contributed by atoms with E-state index in [0.717, 1.165) is 11.1 Å². The number of benzene rings is 2. The van der Waals surface area contributed by atoms with Crippen molar-refractivity contribution in [3.8, 4) is 5.75 Å². The second-order valence-electron chi connectivity index (χ2n) is 5.96. The normalized spacial score (nSPS) is 11.0. The van der Waals surface area contributed by atoms with Crippen molar-refractivity contribution in [3.63, 3.8) is 0 Å². The summed E-state index contributed by atoms with van der Waals surface area (Å²) in [6.45, 7) is 2.32. The maximum absolute atomic E-state index is 12.6. The number of nitrogens with zero attached hydrogens (tertiary/aromatic N) is 2. The minimum atomic E-state index is -0.391. The second kappa shape index (κ2) is 6.95. The number of rotatable bonds is 5. The predicted molar refractivity (Wildman–Crippen MR) is 102 cm³/mol. The highest BCUT2D eigenvalue weighted by atomic mass is 16.5. The van der Waals surface area contributed by atoms with Crippen LogP contribution in [0, 0.1) is 0 Å². The SMILES string of the molecule is CCOc1ccc(NC(=O)Cn2cnc3c(oc4ccccc43)c2=O)cc1. The lowest BCUT2D eigenvalue weighted by atomic mass is 10.2. The van der Waals surface area contributed by atoms with E-state index in [9.17, 15) is 9.59 Å². The number of nitrogens with one attached hydrogen (secondary N) is 1. The summed E-state index contributed by atoms with van der Waals surface area (Å²) >= 11 is 0. The lowest BCUT2D eigenvalue weighted by Gasteiger charge is -2.08. The fraction of sp³-hybridized carbons (Fsp3) is 0.150. The molecule has 136 valence electrons. The molecule has 0 bridgehead atoms. The maximum atomic E-state index is 12.6. The molecular formula is C20H17N3O4. The quantitative estimate of drug-likeness (QED) is 0.588. The molecule has 0 aliphatic carbocycles. The van der Waals surface area contributed by atoms with Gasteiger partial charge in [-0.2, -0.15) is 0 Å². The highest BCUT2D eigenvalue weighted by Gasteiger charge is 2.14. The zero-order chi connectivity index (χ0) is 18.8. The summed E-state index contributed by atoms with van der Waals surface area (Å²) < 4.78 is 12.2. The van der Waals surface area contributed by atoms with Gasteiger partial charge in [-0.25, -0.2) is 4.98 Å². The molecule has 1 N–H and O–H groups in total. The molecule has 7 heteroatoms. The van der Waals surface area contributed by atoms with Crippen molar-refractivity contribution < 1.29 is 13.9 Å². The Kier molecular flexibility index (Phi) is 4.33. The molecule has 4 aromatic rings. The van der Waals surface area contributed by atoms with Crippen LogP contribution in [0.1, 0.15) is 6.92 Å². The van der Waals surface area contributed by atoms with Crippen LogP contribution in [0.25, 0.3) is 22.1 Å². The number of furan rings is 1. The topological polar surface area (TPSA) is 86.4 Å². The Balaban J connectivity index is 1.55. The number of anilines is 1. The Hall–Kier alpha value is -3.61. The van der Waals surface area contributed by atoms with Gasteiger partial charge < -0.3 is 14.5 Å². The molecule has 0 atom stereocenters. The van der Waals surface area contributed by atoms with Crippen LogP contribution < -0.4 is 15.6 Å². The molecule has 2 aromatic heterocycles. The van der Waals surface area contributed by atoms with E-state index < -0.39 is 5.56 Å². The van der Waals surface area contributed by atoms with Gasteiger partial charge in [0.2, 0.25) is 11.5 Å². The van der Waals surface area contributed by atoms with Crippen molar-refractivity contribution in [3.05, 3.63) is 65.2 Å². The van der Waals surface area contributed by atoms with Crippen LogP contribution >= 0.6 is 0 Å². The summed E-state index contributed by atoms with van der Waals surface area (Å²) in [5.74, 6) is 0.393. The van der Waals surface area contributed by atoms with E-state index >= 15 is 0 Å². The van der Waals surface area contributed by atoms with E-state index in [1.165, 1.54) is 10.9 Å². The van der Waals surface area contributed by atoms with E-state index in [1.807, 2.05) is 25.1 Å². The van der Waals surface area contributed by atoms with Crippen LogP contribution in [0.4, 0.5) is 5.69 Å². The number of ether oxygens (including phenoxy) is 1. The molecule has 0 aliphatic heterocycles. The highest BCUT2D eigenvalue weighted by molar-refractivity contribution is 6.01. The lowest BCUT2D eigenvalue weighted by molar-refractivity contribution is -0.116. The highest BCUT2D eigenvalue weighted by Crippen LogP contribution is 2.24. The zero-order valence-electron chi connectivity index (χ0n) is 14.6. The van der Waals surface area contributed by atoms with Gasteiger partial charge in [0.1, 0.15) is 23.4 Å². The molecule has 0 saturated heterocycles. The first-order valence-electron chi connectivity index (χ1n) is 8.55. The number of hydrogen-bond donors (Lipinski definition) is 1. The fourth-order valence-electron chi connectivity index (χ4n) is 2.88. The molecule has 0 fully saturated rings. The number of carbonyl (C=O) groups is 1. The van der Waals surface area contributed by atoms with Crippen LogP contribution in [-0.2, 0) is 11.3 Å². The largest absolute Gasteiger partial charge is 0.494 e. The maximum Gasteiger partial charge on any atom is 0.297 e. The molecule has 27 heavy (non-hydrogen) atoms. The second-order valence-corrected chi connectivity index (χ2v) is 5.96. The number of aromatic nitrogens is 2. The summed E-state index contributed by atoms with van der Waals surface area (Å²) in [5.41, 5.74) is 1.47. The van der Waals surface area contributed by atoms with Crippen LogP contribution in [0.3, 0.4) is 0 Å². The van der Waals surface area contributed by atoms with Gasteiger partial charge in [-0.1, -0.05) is 12.1 Å². The van der Waals surface area contributed by atoms with Gasteiger partial charge >= 0.3 is 0 Å². The van der Waals surface area contributed by atoms with E-state index in [2.05, 4.69) is 10.3 Å². The van der Waals surface area contributed by atoms with E-state index in [0.29, 0.717) is 23.4 Å². The Morgan fingerprint density at radius 1 is 1.19 bits per heavy atom. The molecule has 0 unspecified atom stereocenters. The minimum absolute atomic E-state index is 0.146. The van der Waals surface area contributed by atoms with Gasteiger partial charge in [-0.05, 0) is 43.3 Å². The van der Waals surface area contributed by atoms with Crippen LogP contribution in [0.2, 0.25) is 0 Å². The molecule has 0 saturated carbocycles. The number of amides is 1. The number of fused-ring (bicyclic) bond motifs is 3. The van der Waals surface area contributed by atoms with Gasteiger partial charge in [0, 0.05) is 11.1 Å². The summed E-state index contributed by atoms with van der Waals surface area (Å²) in [4.78, 5) is 29.2. The summed E-state index contributed by atoms with van der Waals surface area (Å²) in [6.07, 6.45) is 1.37. The first-order valence-corrected chi connectivity index (χ1v) is 8.55. The predicted octanol–water partition coefficient (Wildman–Crippen LogP) is 3.18. The Morgan fingerprint density at radius 2 is 1.96 bits per heavy atom. The molecule has 4 rings (SSSR count). The van der Waals surface area contributed by atoms with Crippen molar-refractivity contribution >= 4 is 33.7 Å². The average molecular weight is 363 g/mol. The molecule has 2 heterocycles. The third-order valence-electron chi connectivity index (χ3n) is 4.11. The lowest BCUT2D eigenvalue weighted by Crippen LogP contribution is -2.27. The smallest absolute Gasteiger partial charge is 0.297 e. The third kappa shape index (κ3) is 3.27. The third-order valence-corrected chi connectivity index (χ3v) is 4.11. The van der Waals surface area contributed by atoms with Crippen LogP contribution in [0.15, 0.2) is 64.1 Å². The Morgan fingerprint density at radius 3 is 2.74 bits per heavy atom. The van der Waals surface area contributed by atoms with E-state index in [1.54, 1.807) is 30.3 Å². The van der Waals surface area contributed by atoms with Gasteiger partial charge in [0.25, 0.3) is 5.56 Å². The fourth-order valence-corrected chi connectivity index (χ4v) is 2.88. The number of hydrogen-bond acceptors (Lipinski definition) is 5. The number of carbonyl (C=O) groups excluding carboxylic acids is 1. The Bertz CT molecular complexity index is 1180. The number of para-hydroxylation sites is 1. The first-order chi connectivity index (χ1) is 13.2. The van der Waals surface area contributed by atoms with Crippen LogP contribution in [-0.4, -0.2) is 22.1 Å². The Labute approximate surface area is 154 Å². The van der Waals surface area contributed by atoms with Gasteiger partial charge in [0.15, 0.2) is 0 Å². The molecule has 0 aliphatic rings. The summed E-state index contributed by atoms with van der Waals surface area (Å²) in [6, 6.07) is 14.3. The minimum Gasteiger partial charge on any atom is -0.494 e. The molecule has 0 spiro atoms. The van der Waals surface area contributed by atoms with Gasteiger partial charge in [-0.15, -0.1) is 0 Å². The standard InChI is InChI=1S/C20H17N3O4/c1-2-26-14-9-7-13(8-10-14)22-17(24)11-23-12-21-18-15-5-3-4-6-16(15)27-19(18)20(23)25/h3-10,12H,2,11H2,1H3,(H,22,24). The van der Waals surface area contributed by atoms with E-state index in [-0.39, 0.29) is 18.0 Å². The van der Waals surface area contributed by atoms with Gasteiger partial charge in [-0.3, -0.25) is 14.2 Å². The molecular weight excluding hydrogens is 346 g/mol. The summed E-state index contributed by atoms with van der Waals surface area (Å²) in [5, 5.41) is 3.52. The molecule has 1 amide bonds. The molecule has 2 aromatic carbocycles. The zero-order valence-corrected chi connectivity index (χ0v) is 14.6. The van der Waals surface area contributed by atoms with Crippen molar-refractivity contribution in [1.29, 1.82) is 0 Å². The van der Waals surface area contributed by atoms with Crippen molar-refractivity contribution in [1.82, 2.24) is 9.55 Å². The van der Waals surface area contributed by atoms with Crippen molar-refractivity contribution in [2.45, 2.75) is 13.5 Å². The average Bonchev–Trinajstić information content (AvgIpc) is 3.05. The van der Waals surface area contributed by atoms with Crippen molar-refractivity contribution in [2.75, 3.05) is 11.9 Å². The molecule has 0 radical (unpaired) electrons. The van der Waals surface area contributed by atoms with Gasteiger partial charge in [0.05, 0.1) is 12.9 Å². The van der Waals surface area contributed by atoms with Crippen LogP contribution in [0.5, 0.6) is 5.75 Å². The molecule has 7 nitrogen and oxygen atoms in total. The van der Waals surface area contributed by atoms with Crippen molar-refractivity contribution in [2.24, 2.45) is 0 Å². The summed E-state index contributed by atoms with van der Waals surface area (Å²) in [7, 11) is 0. The monoisotopic (exact) mass is 363 g/mol. The van der Waals surface area contributed by atoms with E-state index in [4.69, 9.17) is 9.15 Å².